The summed E-state index contributed by atoms with van der Waals surface area (Å²) in [5.41, 5.74) is 9.61. The fourth-order valence-corrected chi connectivity index (χ4v) is 2.29. The average molecular weight is 468 g/mol. The van der Waals surface area contributed by atoms with E-state index in [1.807, 2.05) is 0 Å². The first-order chi connectivity index (χ1) is 15.5. The Balaban J connectivity index is 0.000000861. The quantitative estimate of drug-likeness (QED) is 0.152. The predicted octanol–water partition coefficient (Wildman–Crippen LogP) is 3.31. The molecule has 7 N–H and O–H groups in total. The lowest BCUT2D eigenvalue weighted by atomic mass is 10.1. The smallest absolute Gasteiger partial charge is 0.416 e. The van der Waals surface area contributed by atoms with Crippen molar-refractivity contribution in [2.24, 2.45) is 11.5 Å². The largest absolute Gasteiger partial charge is 0.511 e. The van der Waals surface area contributed by atoms with Crippen LogP contribution in [0.15, 0.2) is 35.6 Å². The molecule has 11 heteroatoms. The maximum absolute atomic E-state index is 12.4. The van der Waals surface area contributed by atoms with Crippen molar-refractivity contribution in [1.82, 2.24) is 0 Å². The van der Waals surface area contributed by atoms with Crippen molar-refractivity contribution >= 4 is 17.6 Å². The highest BCUT2D eigenvalue weighted by molar-refractivity contribution is 5.92. The summed E-state index contributed by atoms with van der Waals surface area (Å²) in [6.07, 6.45) is 2.65. The van der Waals surface area contributed by atoms with Crippen molar-refractivity contribution in [2.75, 3.05) is 11.9 Å². The fourth-order valence-electron chi connectivity index (χ4n) is 2.29. The van der Waals surface area contributed by atoms with E-state index in [1.54, 1.807) is 6.07 Å². The van der Waals surface area contributed by atoms with Crippen LogP contribution in [0.2, 0.25) is 0 Å². The molecule has 1 aromatic rings. The average Bonchev–Trinajstić information content (AvgIpc) is 2.76. The molecule has 1 amide bonds. The number of terminal acetylenes is 1. The Hall–Kier alpha value is -3.54. The number of unbranched alkanes of at least 4 members (excludes halogenated alkanes) is 1. The number of benzene rings is 1. The van der Waals surface area contributed by atoms with Crippen LogP contribution in [0.3, 0.4) is 0 Å². The number of carbonyl (C=O) groups excluding carboxylic acids is 1. The first kappa shape index (κ1) is 29.5. The summed E-state index contributed by atoms with van der Waals surface area (Å²) >= 11 is 0. The van der Waals surface area contributed by atoms with Crippen LogP contribution < -0.4 is 16.8 Å². The number of nitrogens with two attached hydrogens (primary N) is 2. The van der Waals surface area contributed by atoms with Gasteiger partial charge in [-0.2, -0.15) is 18.4 Å². The highest BCUT2D eigenvalue weighted by Gasteiger charge is 2.30. The van der Waals surface area contributed by atoms with E-state index in [-0.39, 0.29) is 29.9 Å². The van der Waals surface area contributed by atoms with E-state index in [4.69, 9.17) is 28.3 Å². The molecule has 0 fully saturated rings. The molecule has 0 radical (unpaired) electrons. The van der Waals surface area contributed by atoms with Crippen LogP contribution in [0.1, 0.15) is 44.1 Å². The number of carboxylic acids is 1. The van der Waals surface area contributed by atoms with Gasteiger partial charge in [0.05, 0.1) is 23.6 Å². The molecule has 0 saturated heterocycles. The second-order valence-corrected chi connectivity index (χ2v) is 6.77. The Morgan fingerprint density at radius 1 is 1.18 bits per heavy atom. The Bertz CT molecular complexity index is 885. The van der Waals surface area contributed by atoms with Crippen molar-refractivity contribution in [3.05, 3.63) is 41.2 Å². The highest BCUT2D eigenvalue weighted by atomic mass is 19.4. The number of aliphatic hydroxyl groups excluding tert-OH is 1. The molecule has 0 aliphatic rings. The van der Waals surface area contributed by atoms with Crippen LogP contribution in [0.25, 0.3) is 0 Å². The monoisotopic (exact) mass is 468 g/mol. The van der Waals surface area contributed by atoms with Crippen LogP contribution in [-0.4, -0.2) is 34.7 Å². The Morgan fingerprint density at radius 2 is 1.79 bits per heavy atom. The topological polar surface area (TPSA) is 162 Å². The summed E-state index contributed by atoms with van der Waals surface area (Å²) in [4.78, 5) is 21.9. The van der Waals surface area contributed by atoms with Gasteiger partial charge in [0.2, 0.25) is 5.91 Å². The second kappa shape index (κ2) is 15.3. The van der Waals surface area contributed by atoms with Gasteiger partial charge < -0.3 is 27.0 Å². The third-order valence-electron chi connectivity index (χ3n) is 4.11. The molecule has 0 aliphatic heterocycles. The second-order valence-electron chi connectivity index (χ2n) is 6.77. The molecule has 0 aliphatic carbocycles. The zero-order valence-electron chi connectivity index (χ0n) is 17.9. The minimum atomic E-state index is -4.46. The number of alkyl halides is 3. The Morgan fingerprint density at radius 3 is 2.24 bits per heavy atom. The molecule has 8 nitrogen and oxygen atoms in total. The van der Waals surface area contributed by atoms with Crippen molar-refractivity contribution in [3.8, 4) is 18.4 Å². The number of nitriles is 1. The van der Waals surface area contributed by atoms with Crippen molar-refractivity contribution in [2.45, 2.75) is 50.7 Å². The Kier molecular flexibility index (Phi) is 13.7. The number of aliphatic carboxylic acids is 1. The molecular formula is C22H27F3N4O4. The summed E-state index contributed by atoms with van der Waals surface area (Å²) in [6, 6.07) is 4.87. The van der Waals surface area contributed by atoms with Crippen LogP contribution in [0.4, 0.5) is 18.9 Å². The van der Waals surface area contributed by atoms with Gasteiger partial charge >= 0.3 is 12.1 Å². The van der Waals surface area contributed by atoms with E-state index in [0.29, 0.717) is 13.0 Å². The molecular weight excluding hydrogens is 441 g/mol. The van der Waals surface area contributed by atoms with E-state index in [1.165, 1.54) is 0 Å². The number of hydrogen-bond acceptors (Lipinski definition) is 6. The van der Waals surface area contributed by atoms with Crippen LogP contribution in [0, 0.1) is 23.7 Å². The minimum Gasteiger partial charge on any atom is -0.511 e. The van der Waals surface area contributed by atoms with Gasteiger partial charge in [0.1, 0.15) is 11.8 Å². The summed E-state index contributed by atoms with van der Waals surface area (Å²) in [5, 5.41) is 29.2. The standard InChI is InChI=1S/C16H13F3N2O2.C6H14N2O2/c1-2-3-4-14(22)11(10-20)9-15(23)21-13-7-5-12(6-8-13)16(17,18)19;7-4-2-1-3-5(8)6(9)10/h1,5-8,22H,3-4,9H2,(H,21,23);5H,1-4,7-8H2,(H,9,10)/b14-11+;. The van der Waals surface area contributed by atoms with Gasteiger partial charge in [-0.15, -0.1) is 12.3 Å². The molecule has 1 aromatic carbocycles. The lowest BCUT2D eigenvalue weighted by Gasteiger charge is -2.09. The molecule has 1 unspecified atom stereocenters. The highest BCUT2D eigenvalue weighted by Crippen LogP contribution is 2.29. The van der Waals surface area contributed by atoms with Crippen LogP contribution in [-0.2, 0) is 15.8 Å². The summed E-state index contributed by atoms with van der Waals surface area (Å²) in [6.45, 7) is 0.604. The van der Waals surface area contributed by atoms with Crippen molar-refractivity contribution in [3.63, 3.8) is 0 Å². The maximum Gasteiger partial charge on any atom is 0.416 e. The summed E-state index contributed by atoms with van der Waals surface area (Å²) in [5.74, 6) is 0.458. The van der Waals surface area contributed by atoms with Gasteiger partial charge in [0.25, 0.3) is 0 Å². The molecule has 0 heterocycles. The molecule has 33 heavy (non-hydrogen) atoms. The molecule has 0 saturated carbocycles. The van der Waals surface area contributed by atoms with Gasteiger partial charge in [-0.05, 0) is 43.7 Å². The first-order valence-corrected chi connectivity index (χ1v) is 9.86. The van der Waals surface area contributed by atoms with E-state index in [0.717, 1.165) is 37.1 Å². The lowest BCUT2D eigenvalue weighted by molar-refractivity contribution is -0.139. The number of nitrogens with one attached hydrogen (secondary N) is 1. The Labute approximate surface area is 190 Å². The zero-order valence-corrected chi connectivity index (χ0v) is 17.9. The van der Waals surface area contributed by atoms with E-state index >= 15 is 0 Å². The molecule has 0 spiro atoms. The normalized spacial score (nSPS) is 12.2. The van der Waals surface area contributed by atoms with Crippen molar-refractivity contribution in [1.29, 1.82) is 5.26 Å². The molecule has 180 valence electrons. The predicted molar refractivity (Wildman–Crippen MR) is 117 cm³/mol. The van der Waals surface area contributed by atoms with E-state index in [2.05, 4.69) is 11.2 Å². The van der Waals surface area contributed by atoms with Gasteiger partial charge in [-0.25, -0.2) is 0 Å². The number of nitrogens with zero attached hydrogens (tertiary/aromatic N) is 1. The first-order valence-electron chi connectivity index (χ1n) is 9.86. The molecule has 0 aromatic heterocycles. The van der Waals surface area contributed by atoms with Crippen molar-refractivity contribution < 1.29 is 33.0 Å². The SMILES string of the molecule is C#CCC/C(O)=C(\C#N)CC(=O)Nc1ccc(C(F)(F)F)cc1.NCCCCC(N)C(=O)O. The number of rotatable bonds is 10. The summed E-state index contributed by atoms with van der Waals surface area (Å²) < 4.78 is 37.3. The number of aliphatic hydroxyl groups is 1. The van der Waals surface area contributed by atoms with E-state index in [9.17, 15) is 27.9 Å². The van der Waals surface area contributed by atoms with Gasteiger partial charge in [0, 0.05) is 18.5 Å². The number of hydrogen-bond donors (Lipinski definition) is 5. The van der Waals surface area contributed by atoms with Gasteiger partial charge in [-0.3, -0.25) is 9.59 Å². The number of amides is 1. The van der Waals surface area contributed by atoms with E-state index < -0.39 is 36.1 Å². The molecule has 1 atom stereocenters. The van der Waals surface area contributed by atoms with Crippen LogP contribution in [0.5, 0.6) is 0 Å². The molecule has 0 bridgehead atoms. The third-order valence-corrected chi connectivity index (χ3v) is 4.11. The summed E-state index contributed by atoms with van der Waals surface area (Å²) in [7, 11) is 0. The number of halogens is 3. The number of carbonyl (C=O) groups is 2. The maximum atomic E-state index is 12.4. The van der Waals surface area contributed by atoms with Crippen LogP contribution >= 0.6 is 0 Å². The van der Waals surface area contributed by atoms with Gasteiger partial charge in [-0.1, -0.05) is 6.42 Å². The minimum absolute atomic E-state index is 0.0763. The zero-order chi connectivity index (χ0) is 25.4. The number of carboxylic acid groups (broad SMARTS) is 1. The molecule has 1 rings (SSSR count). The number of anilines is 1. The fraction of sp³-hybridized carbons (Fsp3) is 0.409. The number of allylic oxidation sites excluding steroid dienone is 1. The van der Waals surface area contributed by atoms with Gasteiger partial charge in [0.15, 0.2) is 0 Å². The third kappa shape index (κ3) is 12.8. The lowest BCUT2D eigenvalue weighted by Crippen LogP contribution is -2.29.